The summed E-state index contributed by atoms with van der Waals surface area (Å²) in [5, 5.41) is 9.54. The maximum absolute atomic E-state index is 6.74. The summed E-state index contributed by atoms with van der Waals surface area (Å²) < 4.78 is 9.28. The molecule has 0 saturated heterocycles. The molecule has 248 valence electrons. The number of hydrogen-bond acceptors (Lipinski definition) is 3. The van der Waals surface area contributed by atoms with Crippen molar-refractivity contribution in [2.75, 3.05) is 4.90 Å². The summed E-state index contributed by atoms with van der Waals surface area (Å²) in [5.41, 5.74) is 9.94. The number of hydrogen-bond donors (Lipinski definition) is 0. The van der Waals surface area contributed by atoms with Gasteiger partial charge in [-0.05, 0) is 80.9 Å². The number of rotatable bonds is 5. The van der Waals surface area contributed by atoms with Gasteiger partial charge in [-0.15, -0.1) is 11.3 Å². The lowest BCUT2D eigenvalue weighted by Crippen LogP contribution is -2.10. The minimum atomic E-state index is 0.875. The van der Waals surface area contributed by atoms with Crippen LogP contribution in [0.15, 0.2) is 192 Å². The van der Waals surface area contributed by atoms with E-state index in [0.717, 1.165) is 44.4 Å². The summed E-state index contributed by atoms with van der Waals surface area (Å²) in [4.78, 5) is 2.46. The van der Waals surface area contributed by atoms with Crippen LogP contribution in [0.5, 0.6) is 0 Å². The molecule has 0 unspecified atom stereocenters. The first-order chi connectivity index (χ1) is 26.3. The molecular formula is C50H31NOS. The highest BCUT2D eigenvalue weighted by molar-refractivity contribution is 7.26. The van der Waals surface area contributed by atoms with E-state index in [0.29, 0.717) is 0 Å². The van der Waals surface area contributed by atoms with Crippen molar-refractivity contribution < 1.29 is 4.42 Å². The van der Waals surface area contributed by atoms with Crippen LogP contribution in [0.3, 0.4) is 0 Å². The van der Waals surface area contributed by atoms with Gasteiger partial charge in [0, 0.05) is 31.9 Å². The van der Waals surface area contributed by atoms with Crippen molar-refractivity contribution in [3.05, 3.63) is 188 Å². The Morgan fingerprint density at radius 1 is 0.415 bits per heavy atom. The van der Waals surface area contributed by atoms with Crippen LogP contribution < -0.4 is 4.90 Å². The number of benzene rings is 9. The van der Waals surface area contributed by atoms with E-state index in [1.165, 1.54) is 58.6 Å². The van der Waals surface area contributed by atoms with Gasteiger partial charge in [0.1, 0.15) is 11.2 Å². The molecule has 0 aliphatic rings. The first-order valence-electron chi connectivity index (χ1n) is 18.0. The first kappa shape index (κ1) is 30.0. The van der Waals surface area contributed by atoms with Crippen molar-refractivity contribution in [1.29, 1.82) is 0 Å². The average Bonchev–Trinajstić information content (AvgIpc) is 3.81. The normalized spacial score (nSPS) is 11.8. The highest BCUT2D eigenvalue weighted by Gasteiger charge is 2.23. The Morgan fingerprint density at radius 3 is 1.96 bits per heavy atom. The van der Waals surface area contributed by atoms with E-state index >= 15 is 0 Å². The monoisotopic (exact) mass is 693 g/mol. The second kappa shape index (κ2) is 11.9. The number of nitrogens with zero attached hydrogens (tertiary/aromatic N) is 1. The van der Waals surface area contributed by atoms with E-state index in [1.807, 2.05) is 11.3 Å². The van der Waals surface area contributed by atoms with E-state index in [4.69, 9.17) is 4.42 Å². The number of fused-ring (bicyclic) bond motifs is 9. The van der Waals surface area contributed by atoms with Gasteiger partial charge in [0.05, 0.1) is 21.5 Å². The van der Waals surface area contributed by atoms with Crippen LogP contribution in [-0.2, 0) is 0 Å². The molecule has 0 atom stereocenters. The van der Waals surface area contributed by atoms with Gasteiger partial charge < -0.3 is 9.32 Å². The third-order valence-corrected chi connectivity index (χ3v) is 11.8. The summed E-state index contributed by atoms with van der Waals surface area (Å²) in [6.07, 6.45) is 0. The molecular weight excluding hydrogens is 663 g/mol. The third-order valence-electron chi connectivity index (χ3n) is 10.6. The molecule has 9 aromatic carbocycles. The van der Waals surface area contributed by atoms with Crippen LogP contribution in [0, 0.1) is 0 Å². The highest BCUT2D eigenvalue weighted by Crippen LogP contribution is 2.49. The van der Waals surface area contributed by atoms with E-state index < -0.39 is 0 Å². The Labute approximate surface area is 310 Å². The summed E-state index contributed by atoms with van der Waals surface area (Å²) in [5.74, 6) is 0. The molecule has 3 heteroatoms. The van der Waals surface area contributed by atoms with Gasteiger partial charge in [-0.3, -0.25) is 0 Å². The lowest BCUT2D eigenvalue weighted by molar-refractivity contribution is 0.672. The maximum Gasteiger partial charge on any atom is 0.143 e. The first-order valence-corrected chi connectivity index (χ1v) is 18.8. The van der Waals surface area contributed by atoms with Crippen LogP contribution in [0.1, 0.15) is 0 Å². The molecule has 0 amide bonds. The molecule has 0 fully saturated rings. The highest BCUT2D eigenvalue weighted by atomic mass is 32.1. The lowest BCUT2D eigenvalue weighted by Gasteiger charge is -2.27. The molecule has 11 rings (SSSR count). The van der Waals surface area contributed by atoms with Gasteiger partial charge in [0.2, 0.25) is 0 Å². The van der Waals surface area contributed by atoms with Gasteiger partial charge in [-0.2, -0.15) is 0 Å². The second-order valence-electron chi connectivity index (χ2n) is 13.6. The molecule has 0 radical (unpaired) electrons. The van der Waals surface area contributed by atoms with E-state index in [-0.39, 0.29) is 0 Å². The Bertz CT molecular complexity index is 3180. The zero-order valence-electron chi connectivity index (χ0n) is 28.7. The van der Waals surface area contributed by atoms with Crippen molar-refractivity contribution in [3.8, 4) is 22.3 Å². The quantitative estimate of drug-likeness (QED) is 0.178. The number of thiophene rings is 1. The lowest BCUT2D eigenvalue weighted by atomic mass is 9.91. The summed E-state index contributed by atoms with van der Waals surface area (Å²) in [6.45, 7) is 0. The van der Waals surface area contributed by atoms with Gasteiger partial charge in [-0.1, -0.05) is 146 Å². The minimum Gasteiger partial charge on any atom is -0.455 e. The number of anilines is 3. The molecule has 0 spiro atoms. The van der Waals surface area contributed by atoms with Crippen LogP contribution >= 0.6 is 11.3 Å². The predicted octanol–water partition coefficient (Wildman–Crippen LogP) is 15.1. The Kier molecular flexibility index (Phi) is 6.76. The Morgan fingerprint density at radius 2 is 1.08 bits per heavy atom. The molecule has 0 aliphatic carbocycles. The molecule has 0 saturated carbocycles. The SMILES string of the molecule is c1ccc(-c2cccc3cccc(-c4cccc(N(c5cccc6c5sc5ccccc56)c5cccc6oc7c8ccccc8ccc7c56)c4)c23)cc1. The van der Waals surface area contributed by atoms with Crippen molar-refractivity contribution in [2.24, 2.45) is 0 Å². The van der Waals surface area contributed by atoms with E-state index in [9.17, 15) is 0 Å². The molecule has 53 heavy (non-hydrogen) atoms. The molecule has 0 N–H and O–H groups in total. The predicted molar refractivity (Wildman–Crippen MR) is 227 cm³/mol. The van der Waals surface area contributed by atoms with Gasteiger partial charge in [0.15, 0.2) is 0 Å². The zero-order chi connectivity index (χ0) is 34.9. The molecule has 0 aliphatic heterocycles. The fourth-order valence-electron chi connectivity index (χ4n) is 8.29. The zero-order valence-corrected chi connectivity index (χ0v) is 29.5. The Hall–Kier alpha value is -6.68. The molecule has 2 aromatic heterocycles. The van der Waals surface area contributed by atoms with Crippen LogP contribution in [-0.4, -0.2) is 0 Å². The van der Waals surface area contributed by atoms with Crippen LogP contribution in [0.25, 0.3) is 85.9 Å². The average molecular weight is 694 g/mol. The fourth-order valence-corrected chi connectivity index (χ4v) is 9.50. The Balaban J connectivity index is 1.20. The van der Waals surface area contributed by atoms with Gasteiger partial charge in [-0.25, -0.2) is 0 Å². The van der Waals surface area contributed by atoms with Crippen molar-refractivity contribution in [1.82, 2.24) is 0 Å². The van der Waals surface area contributed by atoms with Crippen molar-refractivity contribution >= 4 is 92.1 Å². The largest absolute Gasteiger partial charge is 0.455 e. The molecule has 2 heterocycles. The van der Waals surface area contributed by atoms with E-state index in [2.05, 4.69) is 193 Å². The van der Waals surface area contributed by atoms with Gasteiger partial charge in [0.25, 0.3) is 0 Å². The van der Waals surface area contributed by atoms with Crippen molar-refractivity contribution in [2.45, 2.75) is 0 Å². The standard InChI is InChI=1S/C50H31NOS/c1-2-13-32(14-3-1)37-22-9-16-34-17-10-23-38(47(34)37)35-18-8-19-36(31-35)51(44-26-11-24-41-40-21-6-7-28-46(40)53-50(41)44)43-25-12-27-45-48(43)42-30-29-33-15-4-5-20-39(33)49(42)52-45/h1-31H. The van der Waals surface area contributed by atoms with Crippen LogP contribution in [0.4, 0.5) is 17.1 Å². The summed E-state index contributed by atoms with van der Waals surface area (Å²) >= 11 is 1.86. The van der Waals surface area contributed by atoms with Gasteiger partial charge >= 0.3 is 0 Å². The second-order valence-corrected chi connectivity index (χ2v) is 14.7. The number of furan rings is 1. The molecule has 0 bridgehead atoms. The van der Waals surface area contributed by atoms with E-state index in [1.54, 1.807) is 0 Å². The smallest absolute Gasteiger partial charge is 0.143 e. The minimum absolute atomic E-state index is 0.875. The summed E-state index contributed by atoms with van der Waals surface area (Å²) in [7, 11) is 0. The molecule has 11 aromatic rings. The fraction of sp³-hybridized carbons (Fsp3) is 0. The molecule has 2 nitrogen and oxygen atoms in total. The van der Waals surface area contributed by atoms with Crippen LogP contribution in [0.2, 0.25) is 0 Å². The maximum atomic E-state index is 6.74. The summed E-state index contributed by atoms with van der Waals surface area (Å²) in [6, 6.07) is 67.9. The third kappa shape index (κ3) is 4.71. The topological polar surface area (TPSA) is 16.4 Å². The van der Waals surface area contributed by atoms with Crippen molar-refractivity contribution in [3.63, 3.8) is 0 Å².